The summed E-state index contributed by atoms with van der Waals surface area (Å²) in [5.74, 6) is 0.904. The van der Waals surface area contributed by atoms with Crippen LogP contribution in [0.3, 0.4) is 0 Å². The van der Waals surface area contributed by atoms with E-state index in [1.54, 1.807) is 0 Å². The Bertz CT molecular complexity index is 851. The molecule has 0 unspecified atom stereocenters. The maximum atomic E-state index is 13.1. The molecule has 2 aromatic rings. The maximum absolute atomic E-state index is 13.1. The maximum Gasteiger partial charge on any atom is 0.255 e. The number of amides is 1. The Balaban J connectivity index is 1.31. The van der Waals surface area contributed by atoms with Crippen LogP contribution in [0.4, 0.5) is 5.82 Å². The van der Waals surface area contributed by atoms with Crippen molar-refractivity contribution in [1.82, 2.24) is 14.8 Å². The van der Waals surface area contributed by atoms with Crippen molar-refractivity contribution < 1.29 is 9.90 Å². The van der Waals surface area contributed by atoms with Crippen molar-refractivity contribution in [2.24, 2.45) is 0 Å². The van der Waals surface area contributed by atoms with Crippen LogP contribution in [0.25, 0.3) is 0 Å². The number of carbonyl (C=O) groups excluding carboxylic acids is 1. The number of aliphatic hydroxyl groups is 1. The second kappa shape index (κ2) is 9.14. The molecule has 160 valence electrons. The van der Waals surface area contributed by atoms with Crippen LogP contribution in [0.1, 0.15) is 24.1 Å². The first-order valence-corrected chi connectivity index (χ1v) is 11.0. The summed E-state index contributed by atoms with van der Waals surface area (Å²) < 4.78 is 0. The van der Waals surface area contributed by atoms with Crippen molar-refractivity contribution in [3.05, 3.63) is 59.8 Å². The fraction of sp³-hybridized carbons (Fsp3) is 0.500. The lowest BCUT2D eigenvalue weighted by Crippen LogP contribution is -2.60. The number of hydrogen-bond acceptors (Lipinski definition) is 5. The highest BCUT2D eigenvalue weighted by atomic mass is 16.3. The van der Waals surface area contributed by atoms with E-state index >= 15 is 0 Å². The molecule has 1 N–H and O–H groups in total. The van der Waals surface area contributed by atoms with Gasteiger partial charge in [-0.25, -0.2) is 4.98 Å². The number of piperidine rings is 1. The molecule has 2 fully saturated rings. The van der Waals surface area contributed by atoms with Crippen LogP contribution in [0.15, 0.2) is 48.5 Å². The van der Waals surface area contributed by atoms with Crippen molar-refractivity contribution in [2.45, 2.75) is 31.8 Å². The summed E-state index contributed by atoms with van der Waals surface area (Å²) in [6.07, 6.45) is 2.22. The average molecular weight is 409 g/mol. The van der Waals surface area contributed by atoms with Gasteiger partial charge in [0.1, 0.15) is 5.82 Å². The van der Waals surface area contributed by atoms with Crippen LogP contribution in [0.5, 0.6) is 0 Å². The highest BCUT2D eigenvalue weighted by molar-refractivity contribution is 5.86. The number of piperazine rings is 1. The van der Waals surface area contributed by atoms with Gasteiger partial charge in [-0.05, 0) is 43.9 Å². The van der Waals surface area contributed by atoms with Gasteiger partial charge in [0.25, 0.3) is 5.91 Å². The third-order valence-electron chi connectivity index (χ3n) is 6.27. The molecule has 2 aliphatic rings. The molecule has 0 saturated carbocycles. The normalized spacial score (nSPS) is 23.1. The fourth-order valence-electron chi connectivity index (χ4n) is 4.54. The fourth-order valence-corrected chi connectivity index (χ4v) is 4.54. The Morgan fingerprint density at radius 3 is 2.50 bits per heavy atom. The third-order valence-corrected chi connectivity index (χ3v) is 6.27. The zero-order valence-electron chi connectivity index (χ0n) is 17.8. The van der Waals surface area contributed by atoms with Gasteiger partial charge in [0, 0.05) is 51.5 Å². The number of pyridine rings is 1. The molecule has 1 atom stereocenters. The molecule has 6 heteroatoms. The highest BCUT2D eigenvalue weighted by Crippen LogP contribution is 2.25. The van der Waals surface area contributed by atoms with Crippen molar-refractivity contribution in [1.29, 1.82) is 0 Å². The van der Waals surface area contributed by atoms with E-state index in [-0.39, 0.29) is 5.91 Å². The molecule has 1 aromatic carbocycles. The summed E-state index contributed by atoms with van der Waals surface area (Å²) in [6, 6.07) is 16.3. The van der Waals surface area contributed by atoms with Crippen molar-refractivity contribution in [3.8, 4) is 0 Å². The predicted molar refractivity (Wildman–Crippen MR) is 119 cm³/mol. The van der Waals surface area contributed by atoms with Gasteiger partial charge < -0.3 is 14.9 Å². The standard InChI is InChI=1S/C24H32N4O2/c1-20-7-5-10-22(25-20)27-17-15-26(16-18-27)19-24(30)12-6-13-28(23(24)29)14-11-21-8-3-2-4-9-21/h2-5,7-10,30H,6,11-19H2,1H3/t24-/m1/s1. The molecule has 0 radical (unpaired) electrons. The summed E-state index contributed by atoms with van der Waals surface area (Å²) in [6.45, 7) is 7.20. The summed E-state index contributed by atoms with van der Waals surface area (Å²) in [7, 11) is 0. The second-order valence-corrected chi connectivity index (χ2v) is 8.56. The van der Waals surface area contributed by atoms with E-state index in [4.69, 9.17) is 0 Å². The van der Waals surface area contributed by atoms with Gasteiger partial charge in [-0.1, -0.05) is 36.4 Å². The summed E-state index contributed by atoms with van der Waals surface area (Å²) in [5, 5.41) is 11.2. The van der Waals surface area contributed by atoms with E-state index in [2.05, 4.69) is 26.9 Å². The minimum atomic E-state index is -1.27. The Hall–Kier alpha value is -2.44. The average Bonchev–Trinajstić information content (AvgIpc) is 2.76. The Labute approximate surface area is 179 Å². The molecule has 1 aromatic heterocycles. The number of β-amino-alcohol motifs (C(OH)–C–C–N with tert-alkyl or cyclic N) is 1. The number of anilines is 1. The van der Waals surface area contributed by atoms with Crippen molar-refractivity contribution >= 4 is 11.7 Å². The predicted octanol–water partition coefficient (Wildman–Crippen LogP) is 2.11. The number of rotatable bonds is 6. The molecule has 0 aliphatic carbocycles. The number of aromatic nitrogens is 1. The lowest BCUT2D eigenvalue weighted by Gasteiger charge is -2.43. The Kier molecular flexibility index (Phi) is 6.35. The first kappa shape index (κ1) is 20.8. The van der Waals surface area contributed by atoms with Gasteiger partial charge in [-0.3, -0.25) is 9.69 Å². The number of hydrogen-bond donors (Lipinski definition) is 1. The Morgan fingerprint density at radius 1 is 1.00 bits per heavy atom. The number of nitrogens with zero attached hydrogens (tertiary/aromatic N) is 4. The van der Waals surface area contributed by atoms with Crippen LogP contribution in [-0.4, -0.2) is 77.2 Å². The van der Waals surface area contributed by atoms with Gasteiger partial charge in [-0.15, -0.1) is 0 Å². The first-order chi connectivity index (χ1) is 14.5. The van der Waals surface area contributed by atoms with Gasteiger partial charge in [0.05, 0.1) is 0 Å². The number of likely N-dealkylation sites (tertiary alicyclic amines) is 1. The molecule has 0 bridgehead atoms. The van der Waals surface area contributed by atoms with Crippen LogP contribution in [0.2, 0.25) is 0 Å². The molecular weight excluding hydrogens is 376 g/mol. The molecule has 1 amide bonds. The lowest BCUT2D eigenvalue weighted by atomic mass is 9.90. The molecule has 6 nitrogen and oxygen atoms in total. The zero-order valence-corrected chi connectivity index (χ0v) is 17.8. The van der Waals surface area contributed by atoms with Gasteiger partial charge in [0.15, 0.2) is 5.60 Å². The molecule has 4 rings (SSSR count). The number of carbonyl (C=O) groups is 1. The lowest BCUT2D eigenvalue weighted by molar-refractivity contribution is -0.159. The third kappa shape index (κ3) is 4.82. The minimum Gasteiger partial charge on any atom is -0.379 e. The molecular formula is C24H32N4O2. The van der Waals surface area contributed by atoms with E-state index in [1.165, 1.54) is 5.56 Å². The van der Waals surface area contributed by atoms with E-state index in [9.17, 15) is 9.90 Å². The summed E-state index contributed by atoms with van der Waals surface area (Å²) >= 11 is 0. The molecule has 0 spiro atoms. The summed E-state index contributed by atoms with van der Waals surface area (Å²) in [5.41, 5.74) is 0.978. The SMILES string of the molecule is Cc1cccc(N2CCN(C[C@]3(O)CCCN(CCc4ccccc4)C3=O)CC2)n1. The van der Waals surface area contributed by atoms with Crippen LogP contribution < -0.4 is 4.90 Å². The largest absolute Gasteiger partial charge is 0.379 e. The quantitative estimate of drug-likeness (QED) is 0.793. The Morgan fingerprint density at radius 2 is 1.77 bits per heavy atom. The monoisotopic (exact) mass is 408 g/mol. The highest BCUT2D eigenvalue weighted by Gasteiger charge is 2.43. The van der Waals surface area contributed by atoms with Crippen molar-refractivity contribution in [3.63, 3.8) is 0 Å². The van der Waals surface area contributed by atoms with Crippen LogP contribution in [0, 0.1) is 6.92 Å². The molecule has 30 heavy (non-hydrogen) atoms. The second-order valence-electron chi connectivity index (χ2n) is 8.56. The van der Waals surface area contributed by atoms with Gasteiger partial charge >= 0.3 is 0 Å². The van der Waals surface area contributed by atoms with Crippen LogP contribution in [-0.2, 0) is 11.2 Å². The topological polar surface area (TPSA) is 59.9 Å². The molecule has 3 heterocycles. The van der Waals surface area contributed by atoms with E-state index in [1.807, 2.05) is 48.2 Å². The van der Waals surface area contributed by atoms with Crippen LogP contribution >= 0.6 is 0 Å². The number of aryl methyl sites for hydroxylation is 1. The molecule has 2 saturated heterocycles. The van der Waals surface area contributed by atoms with E-state index in [0.29, 0.717) is 19.5 Å². The summed E-state index contributed by atoms with van der Waals surface area (Å²) in [4.78, 5) is 24.1. The number of benzene rings is 1. The first-order valence-electron chi connectivity index (χ1n) is 11.0. The van der Waals surface area contributed by atoms with Crippen molar-refractivity contribution in [2.75, 3.05) is 50.7 Å². The molecule has 2 aliphatic heterocycles. The van der Waals surface area contributed by atoms with E-state index in [0.717, 1.165) is 57.1 Å². The zero-order chi connectivity index (χ0) is 21.0. The van der Waals surface area contributed by atoms with Gasteiger partial charge in [0.2, 0.25) is 0 Å². The minimum absolute atomic E-state index is 0.104. The smallest absolute Gasteiger partial charge is 0.255 e. The van der Waals surface area contributed by atoms with E-state index < -0.39 is 5.60 Å². The van der Waals surface area contributed by atoms with Gasteiger partial charge in [-0.2, -0.15) is 0 Å².